The Morgan fingerprint density at radius 3 is 1.77 bits per heavy atom. The van der Waals surface area contributed by atoms with Crippen LogP contribution in [0.15, 0.2) is 60.9 Å². The second-order valence-electron chi connectivity index (χ2n) is 6.08. The zero-order valence-corrected chi connectivity index (χ0v) is 15.2. The molecule has 2 aromatic carbocycles. The smallest absolute Gasteiger partial charge is 0.338 e. The van der Waals surface area contributed by atoms with Crippen molar-refractivity contribution < 1.29 is 33.6 Å². The zero-order valence-electron chi connectivity index (χ0n) is 15.2. The van der Waals surface area contributed by atoms with Crippen molar-refractivity contribution in [2.24, 2.45) is 0 Å². The van der Waals surface area contributed by atoms with Gasteiger partial charge in [-0.1, -0.05) is 0 Å². The van der Waals surface area contributed by atoms with Crippen molar-refractivity contribution in [3.8, 4) is 0 Å². The van der Waals surface area contributed by atoms with E-state index >= 15 is 0 Å². The van der Waals surface area contributed by atoms with Crippen LogP contribution in [0.3, 0.4) is 0 Å². The average molecular weight is 414 g/mol. The van der Waals surface area contributed by atoms with Crippen molar-refractivity contribution >= 4 is 23.3 Å². The second-order valence-corrected chi connectivity index (χ2v) is 6.08. The van der Waals surface area contributed by atoms with Gasteiger partial charge in [-0.3, -0.25) is 20.2 Å². The van der Waals surface area contributed by atoms with E-state index in [9.17, 15) is 29.8 Å². The summed E-state index contributed by atoms with van der Waals surface area (Å²) in [5.74, 6) is -1.54. The van der Waals surface area contributed by atoms with Crippen LogP contribution in [-0.2, 0) is 14.2 Å². The molecule has 0 saturated carbocycles. The van der Waals surface area contributed by atoms with E-state index < -0.39 is 34.0 Å². The number of benzene rings is 2. The molecule has 0 aliphatic carbocycles. The summed E-state index contributed by atoms with van der Waals surface area (Å²) in [6.45, 7) is -0.0760. The van der Waals surface area contributed by atoms with Gasteiger partial charge in [-0.15, -0.1) is 0 Å². The maximum atomic E-state index is 12.3. The van der Waals surface area contributed by atoms with Gasteiger partial charge in [0.05, 0.1) is 27.2 Å². The summed E-state index contributed by atoms with van der Waals surface area (Å²) < 4.78 is 15.8. The highest BCUT2D eigenvalue weighted by Crippen LogP contribution is 2.19. The Morgan fingerprint density at radius 1 is 0.833 bits per heavy atom. The van der Waals surface area contributed by atoms with Crippen LogP contribution in [-0.4, -0.2) is 40.6 Å². The van der Waals surface area contributed by atoms with E-state index in [0.717, 1.165) is 0 Å². The Bertz CT molecular complexity index is 1000. The van der Waals surface area contributed by atoms with Crippen molar-refractivity contribution in [1.82, 2.24) is 0 Å². The van der Waals surface area contributed by atoms with E-state index in [1.54, 1.807) is 0 Å². The first-order chi connectivity index (χ1) is 14.3. The number of non-ortho nitro benzene ring substituents is 2. The number of carbonyl (C=O) groups excluding carboxylic acids is 2. The average Bonchev–Trinajstić information content (AvgIpc) is 2.75. The van der Waals surface area contributed by atoms with Gasteiger partial charge in [0, 0.05) is 24.3 Å². The van der Waals surface area contributed by atoms with Gasteiger partial charge in [0.1, 0.15) is 6.61 Å². The van der Waals surface area contributed by atoms with Gasteiger partial charge < -0.3 is 14.2 Å². The maximum absolute atomic E-state index is 12.3. The highest BCUT2D eigenvalue weighted by Gasteiger charge is 2.31. The topological polar surface area (TPSA) is 148 Å². The van der Waals surface area contributed by atoms with Gasteiger partial charge in [-0.25, -0.2) is 9.59 Å². The van der Waals surface area contributed by atoms with Crippen molar-refractivity contribution in [2.45, 2.75) is 12.2 Å². The number of esters is 2. The molecule has 0 radical (unpaired) electrons. The SMILES string of the molecule is O=C(O[C@@H]1C=COC[C@H]1OC(=O)c1ccc([N+](=O)[O-])cc1)c1ccc([N+](=O)[O-])cc1. The molecule has 0 N–H and O–H groups in total. The normalized spacial score (nSPS) is 17.5. The molecule has 11 heteroatoms. The molecule has 154 valence electrons. The first kappa shape index (κ1) is 20.5. The van der Waals surface area contributed by atoms with Gasteiger partial charge in [0.15, 0.2) is 12.2 Å². The number of carbonyl (C=O) groups is 2. The molecule has 1 heterocycles. The first-order valence-corrected chi connectivity index (χ1v) is 8.54. The van der Waals surface area contributed by atoms with Crippen LogP contribution in [0.1, 0.15) is 20.7 Å². The summed E-state index contributed by atoms with van der Waals surface area (Å²) in [5, 5.41) is 21.4. The standard InChI is InChI=1S/C19H14N2O9/c22-18(12-1-5-14(6-2-12)20(24)25)29-16-9-10-28-11-17(16)30-19(23)13-3-7-15(8-4-13)21(26)27/h1-10,16-17H,11H2/t16-,17-/m1/s1. The molecule has 0 saturated heterocycles. The number of rotatable bonds is 6. The molecule has 0 spiro atoms. The fourth-order valence-electron chi connectivity index (χ4n) is 2.55. The highest BCUT2D eigenvalue weighted by atomic mass is 16.6. The molecular formula is C19H14N2O9. The lowest BCUT2D eigenvalue weighted by atomic mass is 10.1. The molecule has 0 unspecified atom stereocenters. The third kappa shape index (κ3) is 4.76. The van der Waals surface area contributed by atoms with Crippen LogP contribution in [0, 0.1) is 20.2 Å². The maximum Gasteiger partial charge on any atom is 0.338 e. The molecule has 3 rings (SSSR count). The Balaban J connectivity index is 1.66. The predicted molar refractivity (Wildman–Crippen MR) is 99.7 cm³/mol. The van der Waals surface area contributed by atoms with Crippen LogP contribution in [0.5, 0.6) is 0 Å². The molecule has 11 nitrogen and oxygen atoms in total. The largest absolute Gasteiger partial charge is 0.497 e. The predicted octanol–water partition coefficient (Wildman–Crippen LogP) is 2.80. The molecule has 1 aliphatic heterocycles. The highest BCUT2D eigenvalue weighted by molar-refractivity contribution is 5.90. The summed E-state index contributed by atoms with van der Waals surface area (Å²) in [6.07, 6.45) is 0.771. The Kier molecular flexibility index (Phi) is 6.01. The number of nitrogens with zero attached hydrogens (tertiary/aromatic N) is 2. The lowest BCUT2D eigenvalue weighted by molar-refractivity contribution is -0.385. The molecule has 0 amide bonds. The number of ether oxygens (including phenoxy) is 3. The fourth-order valence-corrected chi connectivity index (χ4v) is 2.55. The Morgan fingerprint density at radius 2 is 1.30 bits per heavy atom. The van der Waals surface area contributed by atoms with E-state index in [2.05, 4.69) is 0 Å². The molecule has 0 fully saturated rings. The van der Waals surface area contributed by atoms with Gasteiger partial charge in [-0.2, -0.15) is 0 Å². The molecule has 2 atom stereocenters. The van der Waals surface area contributed by atoms with Gasteiger partial charge in [0.2, 0.25) is 0 Å². The van der Waals surface area contributed by atoms with Crippen molar-refractivity contribution in [1.29, 1.82) is 0 Å². The van der Waals surface area contributed by atoms with Crippen molar-refractivity contribution in [3.05, 3.63) is 92.2 Å². The van der Waals surface area contributed by atoms with Crippen molar-refractivity contribution in [2.75, 3.05) is 6.61 Å². The third-order valence-electron chi connectivity index (χ3n) is 4.12. The lowest BCUT2D eigenvalue weighted by Gasteiger charge is -2.27. The van der Waals surface area contributed by atoms with Crippen LogP contribution in [0.2, 0.25) is 0 Å². The lowest BCUT2D eigenvalue weighted by Crippen LogP contribution is -2.39. The number of nitro groups is 2. The Hall–Kier alpha value is -4.28. The van der Waals surface area contributed by atoms with Crippen LogP contribution in [0.4, 0.5) is 11.4 Å². The van der Waals surface area contributed by atoms with Gasteiger partial charge in [0.25, 0.3) is 11.4 Å². The molecule has 30 heavy (non-hydrogen) atoms. The molecule has 1 aliphatic rings. The summed E-state index contributed by atoms with van der Waals surface area (Å²) in [5.41, 5.74) is -0.186. The minimum atomic E-state index is -0.959. The fraction of sp³-hybridized carbons (Fsp3) is 0.158. The Labute approximate surface area is 168 Å². The summed E-state index contributed by atoms with van der Waals surface area (Å²) >= 11 is 0. The summed E-state index contributed by atoms with van der Waals surface area (Å²) in [4.78, 5) is 44.9. The van der Waals surface area contributed by atoms with Crippen LogP contribution >= 0.6 is 0 Å². The third-order valence-corrected chi connectivity index (χ3v) is 4.12. The van der Waals surface area contributed by atoms with E-state index in [1.165, 1.54) is 60.9 Å². The summed E-state index contributed by atoms with van der Waals surface area (Å²) in [7, 11) is 0. The number of hydrogen-bond donors (Lipinski definition) is 0. The van der Waals surface area contributed by atoms with Crippen molar-refractivity contribution in [3.63, 3.8) is 0 Å². The molecule has 2 aromatic rings. The number of hydrogen-bond acceptors (Lipinski definition) is 9. The second kappa shape index (κ2) is 8.82. The number of nitro benzene ring substituents is 2. The van der Waals surface area contributed by atoms with Gasteiger partial charge in [-0.05, 0) is 30.3 Å². The molecule has 0 bridgehead atoms. The minimum Gasteiger partial charge on any atom is -0.497 e. The van der Waals surface area contributed by atoms with E-state index in [4.69, 9.17) is 14.2 Å². The van der Waals surface area contributed by atoms with Gasteiger partial charge >= 0.3 is 11.9 Å². The molecular weight excluding hydrogens is 400 g/mol. The monoisotopic (exact) mass is 414 g/mol. The first-order valence-electron chi connectivity index (χ1n) is 8.54. The minimum absolute atomic E-state index is 0.0760. The van der Waals surface area contributed by atoms with E-state index in [-0.39, 0.29) is 29.1 Å². The van der Waals surface area contributed by atoms with E-state index in [0.29, 0.717) is 0 Å². The summed E-state index contributed by atoms with van der Waals surface area (Å²) in [6, 6.07) is 9.67. The quantitative estimate of drug-likeness (QED) is 0.395. The van der Waals surface area contributed by atoms with E-state index in [1.807, 2.05) is 0 Å². The van der Waals surface area contributed by atoms with Crippen LogP contribution < -0.4 is 0 Å². The zero-order chi connectivity index (χ0) is 21.7. The van der Waals surface area contributed by atoms with Crippen LogP contribution in [0.25, 0.3) is 0 Å². The molecule has 0 aromatic heterocycles.